The SMILES string of the molecule is CCCC(=O)Nc1ccc(C2=NNC(=O)[C@H]3C[C@H]23)cc1. The summed E-state index contributed by atoms with van der Waals surface area (Å²) in [4.78, 5) is 22.9. The van der Waals surface area contributed by atoms with Gasteiger partial charge >= 0.3 is 0 Å². The number of nitrogens with zero attached hydrogens (tertiary/aromatic N) is 1. The molecule has 0 saturated heterocycles. The molecule has 1 aromatic rings. The fourth-order valence-electron chi connectivity index (χ4n) is 2.52. The van der Waals surface area contributed by atoms with Crippen LogP contribution in [0.1, 0.15) is 31.7 Å². The molecule has 0 spiro atoms. The Labute approximate surface area is 117 Å². The van der Waals surface area contributed by atoms with Crippen molar-refractivity contribution >= 4 is 23.2 Å². The first-order valence-electron chi connectivity index (χ1n) is 6.96. The van der Waals surface area contributed by atoms with Crippen LogP contribution in [0.4, 0.5) is 5.69 Å². The van der Waals surface area contributed by atoms with Crippen LogP contribution in [0, 0.1) is 11.8 Å². The van der Waals surface area contributed by atoms with Gasteiger partial charge in [0, 0.05) is 23.9 Å². The van der Waals surface area contributed by atoms with E-state index in [0.717, 1.165) is 29.8 Å². The lowest BCUT2D eigenvalue weighted by Crippen LogP contribution is -2.28. The lowest BCUT2D eigenvalue weighted by atomic mass is 10.0. The van der Waals surface area contributed by atoms with Gasteiger partial charge in [0.25, 0.3) is 0 Å². The Kier molecular flexibility index (Phi) is 3.26. The molecule has 5 nitrogen and oxygen atoms in total. The predicted molar refractivity (Wildman–Crippen MR) is 76.3 cm³/mol. The summed E-state index contributed by atoms with van der Waals surface area (Å²) >= 11 is 0. The van der Waals surface area contributed by atoms with Gasteiger partial charge in [-0.1, -0.05) is 19.1 Å². The molecule has 1 fully saturated rings. The third-order valence-corrected chi connectivity index (χ3v) is 3.71. The van der Waals surface area contributed by atoms with Crippen LogP contribution in [0.15, 0.2) is 29.4 Å². The zero-order chi connectivity index (χ0) is 14.1. The lowest BCUT2D eigenvalue weighted by molar-refractivity contribution is -0.122. The summed E-state index contributed by atoms with van der Waals surface area (Å²) in [6, 6.07) is 7.62. The van der Waals surface area contributed by atoms with E-state index in [0.29, 0.717) is 6.42 Å². The third kappa shape index (κ3) is 2.43. The van der Waals surface area contributed by atoms with Gasteiger partial charge in [0.05, 0.1) is 5.71 Å². The summed E-state index contributed by atoms with van der Waals surface area (Å²) in [5, 5.41) is 7.01. The molecule has 0 aromatic heterocycles. The number of fused-ring (bicyclic) bond motifs is 1. The number of hydrazone groups is 1. The average Bonchev–Trinajstić information content (AvgIpc) is 3.22. The molecule has 1 aliphatic carbocycles. The molecule has 2 amide bonds. The Bertz CT molecular complexity index is 577. The van der Waals surface area contributed by atoms with E-state index in [2.05, 4.69) is 15.8 Å². The Balaban J connectivity index is 1.71. The highest BCUT2D eigenvalue weighted by atomic mass is 16.2. The highest BCUT2D eigenvalue weighted by Gasteiger charge is 2.49. The number of anilines is 1. The second-order valence-electron chi connectivity index (χ2n) is 5.30. The van der Waals surface area contributed by atoms with Crippen molar-refractivity contribution in [3.8, 4) is 0 Å². The van der Waals surface area contributed by atoms with E-state index in [4.69, 9.17) is 0 Å². The van der Waals surface area contributed by atoms with E-state index in [1.54, 1.807) is 0 Å². The number of carbonyl (C=O) groups excluding carboxylic acids is 2. The first kappa shape index (κ1) is 12.8. The molecule has 0 unspecified atom stereocenters. The van der Waals surface area contributed by atoms with Crippen molar-refractivity contribution < 1.29 is 9.59 Å². The molecule has 2 aliphatic rings. The fraction of sp³-hybridized carbons (Fsp3) is 0.400. The molecule has 1 aliphatic heterocycles. The maximum absolute atomic E-state index is 11.5. The number of carbonyl (C=O) groups is 2. The van der Waals surface area contributed by atoms with E-state index >= 15 is 0 Å². The summed E-state index contributed by atoms with van der Waals surface area (Å²) in [6.45, 7) is 1.98. The molecular formula is C15H17N3O2. The summed E-state index contributed by atoms with van der Waals surface area (Å²) < 4.78 is 0. The molecule has 2 N–H and O–H groups in total. The second kappa shape index (κ2) is 5.07. The molecule has 2 atom stereocenters. The van der Waals surface area contributed by atoms with Crippen LogP contribution in [-0.2, 0) is 9.59 Å². The normalized spacial score (nSPS) is 23.4. The van der Waals surface area contributed by atoms with Gasteiger partial charge in [0.15, 0.2) is 0 Å². The van der Waals surface area contributed by atoms with Crippen molar-refractivity contribution in [1.29, 1.82) is 0 Å². The number of rotatable bonds is 4. The first-order chi connectivity index (χ1) is 9.69. The van der Waals surface area contributed by atoms with Crippen LogP contribution in [0.3, 0.4) is 0 Å². The smallest absolute Gasteiger partial charge is 0.243 e. The number of hydrogen-bond acceptors (Lipinski definition) is 3. The van der Waals surface area contributed by atoms with Gasteiger partial charge in [-0.2, -0.15) is 5.10 Å². The van der Waals surface area contributed by atoms with Gasteiger partial charge in [-0.25, -0.2) is 5.43 Å². The van der Waals surface area contributed by atoms with E-state index < -0.39 is 0 Å². The molecule has 5 heteroatoms. The molecule has 1 heterocycles. The average molecular weight is 271 g/mol. The van der Waals surface area contributed by atoms with Crippen LogP contribution in [0.25, 0.3) is 0 Å². The van der Waals surface area contributed by atoms with Crippen molar-refractivity contribution in [3.05, 3.63) is 29.8 Å². The van der Waals surface area contributed by atoms with Crippen molar-refractivity contribution in [1.82, 2.24) is 5.43 Å². The summed E-state index contributed by atoms with van der Waals surface area (Å²) in [5.74, 6) is 0.433. The predicted octanol–water partition coefficient (Wildman–Crippen LogP) is 1.90. The highest BCUT2D eigenvalue weighted by Crippen LogP contribution is 2.43. The minimum Gasteiger partial charge on any atom is -0.326 e. The molecule has 0 radical (unpaired) electrons. The van der Waals surface area contributed by atoms with Gasteiger partial charge in [0.2, 0.25) is 11.8 Å². The fourth-order valence-corrected chi connectivity index (χ4v) is 2.52. The Morgan fingerprint density at radius 1 is 1.35 bits per heavy atom. The molecule has 1 aromatic carbocycles. The largest absolute Gasteiger partial charge is 0.326 e. The summed E-state index contributed by atoms with van der Waals surface area (Å²) in [5.41, 5.74) is 5.31. The van der Waals surface area contributed by atoms with Gasteiger partial charge in [0.1, 0.15) is 0 Å². The standard InChI is InChI=1S/C15H17N3O2/c1-2-3-13(19)16-10-6-4-9(5-7-10)14-11-8-12(11)15(20)18-17-14/h4-7,11-12H,2-3,8H2,1H3,(H,16,19)(H,18,20)/t11-,12-/m0/s1. The maximum atomic E-state index is 11.5. The minimum atomic E-state index is 0.0298. The minimum absolute atomic E-state index is 0.0298. The van der Waals surface area contributed by atoms with Crippen molar-refractivity contribution in [3.63, 3.8) is 0 Å². The molecule has 1 saturated carbocycles. The van der Waals surface area contributed by atoms with Gasteiger partial charge < -0.3 is 5.32 Å². The van der Waals surface area contributed by atoms with E-state index in [-0.39, 0.29) is 23.7 Å². The molecule has 20 heavy (non-hydrogen) atoms. The topological polar surface area (TPSA) is 70.6 Å². The summed E-state index contributed by atoms with van der Waals surface area (Å²) in [7, 11) is 0. The number of nitrogens with one attached hydrogen (secondary N) is 2. The van der Waals surface area contributed by atoms with E-state index in [1.165, 1.54) is 0 Å². The van der Waals surface area contributed by atoms with Gasteiger partial charge in [-0.15, -0.1) is 0 Å². The molecule has 0 bridgehead atoms. The molecular weight excluding hydrogens is 254 g/mol. The van der Waals surface area contributed by atoms with Crippen molar-refractivity contribution in [2.45, 2.75) is 26.2 Å². The Morgan fingerprint density at radius 2 is 2.10 bits per heavy atom. The zero-order valence-electron chi connectivity index (χ0n) is 11.3. The second-order valence-corrected chi connectivity index (χ2v) is 5.30. The monoisotopic (exact) mass is 271 g/mol. The zero-order valence-corrected chi connectivity index (χ0v) is 11.3. The van der Waals surface area contributed by atoms with Crippen LogP contribution in [-0.4, -0.2) is 17.5 Å². The summed E-state index contributed by atoms with van der Waals surface area (Å²) in [6.07, 6.45) is 2.26. The van der Waals surface area contributed by atoms with Crippen molar-refractivity contribution in [2.75, 3.05) is 5.32 Å². The Morgan fingerprint density at radius 3 is 2.80 bits per heavy atom. The number of hydrogen-bond donors (Lipinski definition) is 2. The van der Waals surface area contributed by atoms with Gasteiger partial charge in [-0.05, 0) is 30.5 Å². The number of benzene rings is 1. The highest BCUT2D eigenvalue weighted by molar-refractivity contribution is 6.09. The van der Waals surface area contributed by atoms with E-state index in [9.17, 15) is 9.59 Å². The molecule has 104 valence electrons. The van der Waals surface area contributed by atoms with Crippen LogP contribution in [0.2, 0.25) is 0 Å². The lowest BCUT2D eigenvalue weighted by Gasteiger charge is -2.12. The number of amides is 2. The van der Waals surface area contributed by atoms with Crippen LogP contribution in [0.5, 0.6) is 0 Å². The molecule has 3 rings (SSSR count). The van der Waals surface area contributed by atoms with Crippen LogP contribution >= 0.6 is 0 Å². The third-order valence-electron chi connectivity index (χ3n) is 3.71. The van der Waals surface area contributed by atoms with Crippen molar-refractivity contribution in [2.24, 2.45) is 16.9 Å². The quantitative estimate of drug-likeness (QED) is 0.878. The Hall–Kier alpha value is -2.17. The van der Waals surface area contributed by atoms with Gasteiger partial charge in [-0.3, -0.25) is 9.59 Å². The first-order valence-corrected chi connectivity index (χ1v) is 6.96. The maximum Gasteiger partial charge on any atom is 0.243 e. The van der Waals surface area contributed by atoms with Crippen LogP contribution < -0.4 is 10.7 Å². The van der Waals surface area contributed by atoms with E-state index in [1.807, 2.05) is 31.2 Å².